The number of nitrogens with zero attached hydrogens (tertiary/aromatic N) is 1. The summed E-state index contributed by atoms with van der Waals surface area (Å²) >= 11 is 2.80. The second-order valence-corrected chi connectivity index (χ2v) is 8.57. The van der Waals surface area contributed by atoms with E-state index in [4.69, 9.17) is 14.2 Å². The molecular formula is C22H22N2O6S2. The number of ether oxygens (including phenoxy) is 3. The van der Waals surface area contributed by atoms with Crippen LogP contribution in [0, 0.1) is 0 Å². The van der Waals surface area contributed by atoms with Crippen molar-refractivity contribution in [2.75, 3.05) is 33.2 Å². The molecule has 2 aromatic heterocycles. The molecule has 1 N–H and O–H groups in total. The molecule has 0 aliphatic heterocycles. The van der Waals surface area contributed by atoms with E-state index in [1.165, 1.54) is 53.9 Å². The van der Waals surface area contributed by atoms with Crippen molar-refractivity contribution < 1.29 is 28.6 Å². The molecule has 2 heterocycles. The third-order valence-corrected chi connectivity index (χ3v) is 6.19. The normalized spacial score (nSPS) is 10.3. The molecule has 2 amide bonds. The van der Waals surface area contributed by atoms with Crippen LogP contribution in [0.5, 0.6) is 11.5 Å². The second kappa shape index (κ2) is 10.8. The van der Waals surface area contributed by atoms with Crippen LogP contribution >= 0.6 is 22.7 Å². The van der Waals surface area contributed by atoms with Gasteiger partial charge in [0.1, 0.15) is 0 Å². The molecule has 168 valence electrons. The topological polar surface area (TPSA) is 94.2 Å². The van der Waals surface area contributed by atoms with Crippen LogP contribution in [0.25, 0.3) is 0 Å². The first-order valence-electron chi connectivity index (χ1n) is 9.47. The molecule has 0 spiro atoms. The fraction of sp³-hybridized carbons (Fsp3) is 0.227. The molecular weight excluding hydrogens is 452 g/mol. The Bertz CT molecular complexity index is 1080. The van der Waals surface area contributed by atoms with Crippen LogP contribution in [0.2, 0.25) is 0 Å². The van der Waals surface area contributed by atoms with Gasteiger partial charge in [-0.05, 0) is 22.9 Å². The number of carbonyl (C=O) groups excluding carboxylic acids is 3. The lowest BCUT2D eigenvalue weighted by atomic mass is 10.1. The van der Waals surface area contributed by atoms with Crippen LogP contribution in [0.3, 0.4) is 0 Å². The Morgan fingerprint density at radius 1 is 1.00 bits per heavy atom. The van der Waals surface area contributed by atoms with Gasteiger partial charge in [-0.2, -0.15) is 0 Å². The van der Waals surface area contributed by atoms with Gasteiger partial charge in [0.15, 0.2) is 18.1 Å². The van der Waals surface area contributed by atoms with E-state index < -0.39 is 12.6 Å². The van der Waals surface area contributed by atoms with E-state index in [-0.39, 0.29) is 28.8 Å². The van der Waals surface area contributed by atoms with Crippen LogP contribution in [0.1, 0.15) is 24.9 Å². The summed E-state index contributed by atoms with van der Waals surface area (Å²) in [5.74, 6) is -0.887. The Labute approximate surface area is 193 Å². The van der Waals surface area contributed by atoms with Crippen LogP contribution in [0.15, 0.2) is 47.2 Å². The van der Waals surface area contributed by atoms with Crippen molar-refractivity contribution in [2.45, 2.75) is 6.54 Å². The van der Waals surface area contributed by atoms with Crippen molar-refractivity contribution in [1.29, 1.82) is 0 Å². The third-order valence-electron chi connectivity index (χ3n) is 4.46. The van der Waals surface area contributed by atoms with Crippen molar-refractivity contribution in [3.05, 3.63) is 62.5 Å². The van der Waals surface area contributed by atoms with Gasteiger partial charge in [-0.1, -0.05) is 12.1 Å². The number of thiophene rings is 2. The number of methoxy groups -OCH3 is 2. The maximum Gasteiger partial charge on any atom is 0.340 e. The highest BCUT2D eigenvalue weighted by atomic mass is 32.1. The molecule has 0 aliphatic carbocycles. The molecule has 3 rings (SSSR count). The summed E-state index contributed by atoms with van der Waals surface area (Å²) in [6.45, 7) is -0.0140. The van der Waals surface area contributed by atoms with Crippen molar-refractivity contribution in [2.24, 2.45) is 0 Å². The maximum atomic E-state index is 12.8. The highest BCUT2D eigenvalue weighted by molar-refractivity contribution is 7.12. The van der Waals surface area contributed by atoms with Gasteiger partial charge < -0.3 is 24.4 Å². The number of nitrogens with one attached hydrogen (secondary N) is 1. The molecule has 0 saturated carbocycles. The molecule has 32 heavy (non-hydrogen) atoms. The SMILES string of the molecule is COc1cc(NC(=O)c2cccs2)c(C(=O)OCC(=O)N(C)Cc2cccs2)cc1OC. The number of hydrogen-bond donors (Lipinski definition) is 1. The Morgan fingerprint density at radius 2 is 1.69 bits per heavy atom. The highest BCUT2D eigenvalue weighted by Gasteiger charge is 2.22. The second-order valence-electron chi connectivity index (χ2n) is 6.59. The van der Waals surface area contributed by atoms with Gasteiger partial charge in [0.25, 0.3) is 11.8 Å². The summed E-state index contributed by atoms with van der Waals surface area (Å²) in [5, 5.41) is 6.40. The minimum absolute atomic E-state index is 0.0428. The maximum absolute atomic E-state index is 12.8. The van der Waals surface area contributed by atoms with Gasteiger partial charge in [-0.15, -0.1) is 22.7 Å². The standard InChI is InChI=1S/C22H22N2O6S2/c1-24(12-14-6-4-8-31-14)20(25)13-30-22(27)15-10-17(28-2)18(29-3)11-16(15)23-21(26)19-7-5-9-32-19/h4-11H,12-13H2,1-3H3,(H,23,26). The van der Waals surface area contributed by atoms with Crippen LogP contribution in [-0.2, 0) is 16.1 Å². The van der Waals surface area contributed by atoms with E-state index in [9.17, 15) is 14.4 Å². The van der Waals surface area contributed by atoms with Crippen LogP contribution < -0.4 is 14.8 Å². The average molecular weight is 475 g/mol. The van der Waals surface area contributed by atoms with Crippen molar-refractivity contribution in [1.82, 2.24) is 4.90 Å². The minimum Gasteiger partial charge on any atom is -0.493 e. The number of esters is 1. The molecule has 0 radical (unpaired) electrons. The smallest absolute Gasteiger partial charge is 0.340 e. The van der Waals surface area contributed by atoms with Gasteiger partial charge in [-0.25, -0.2) is 4.79 Å². The van der Waals surface area contributed by atoms with Crippen molar-refractivity contribution >= 4 is 46.1 Å². The zero-order valence-corrected chi connectivity index (χ0v) is 19.4. The Balaban J connectivity index is 1.75. The average Bonchev–Trinajstić information content (AvgIpc) is 3.51. The molecule has 3 aromatic rings. The number of hydrogen-bond acceptors (Lipinski definition) is 8. The van der Waals surface area contributed by atoms with Crippen molar-refractivity contribution in [3.63, 3.8) is 0 Å². The zero-order chi connectivity index (χ0) is 23.1. The number of carbonyl (C=O) groups is 3. The van der Waals surface area contributed by atoms with E-state index in [1.54, 1.807) is 24.6 Å². The number of benzene rings is 1. The van der Waals surface area contributed by atoms with E-state index in [1.807, 2.05) is 17.5 Å². The lowest BCUT2D eigenvalue weighted by Crippen LogP contribution is -2.30. The monoisotopic (exact) mass is 474 g/mol. The van der Waals surface area contributed by atoms with E-state index in [0.29, 0.717) is 17.2 Å². The number of amides is 2. The van der Waals surface area contributed by atoms with E-state index >= 15 is 0 Å². The van der Waals surface area contributed by atoms with Crippen molar-refractivity contribution in [3.8, 4) is 11.5 Å². The van der Waals surface area contributed by atoms with Gasteiger partial charge >= 0.3 is 5.97 Å². The fourth-order valence-corrected chi connectivity index (χ4v) is 4.16. The molecule has 0 fully saturated rings. The third kappa shape index (κ3) is 5.65. The first-order valence-corrected chi connectivity index (χ1v) is 11.2. The molecule has 0 saturated heterocycles. The molecule has 8 nitrogen and oxygen atoms in total. The summed E-state index contributed by atoms with van der Waals surface area (Å²) in [5.41, 5.74) is 0.228. The number of likely N-dealkylation sites (N-methyl/N-ethyl adjacent to an activating group) is 1. The molecule has 1 aromatic carbocycles. The van der Waals surface area contributed by atoms with Gasteiger partial charge in [0, 0.05) is 24.1 Å². The summed E-state index contributed by atoms with van der Waals surface area (Å²) in [4.78, 5) is 40.7. The summed E-state index contributed by atoms with van der Waals surface area (Å²) in [6.07, 6.45) is 0. The highest BCUT2D eigenvalue weighted by Crippen LogP contribution is 2.34. The van der Waals surface area contributed by atoms with E-state index in [0.717, 1.165) is 4.88 Å². The first-order chi connectivity index (χ1) is 15.4. The van der Waals surface area contributed by atoms with Crippen LogP contribution in [-0.4, -0.2) is 50.6 Å². The largest absolute Gasteiger partial charge is 0.493 e. The Hall–Kier alpha value is -3.37. The lowest BCUT2D eigenvalue weighted by Gasteiger charge is -2.17. The summed E-state index contributed by atoms with van der Waals surface area (Å²) in [7, 11) is 4.52. The Kier molecular flexibility index (Phi) is 7.85. The molecule has 0 unspecified atom stereocenters. The molecule has 0 aliphatic rings. The predicted molar refractivity (Wildman–Crippen MR) is 123 cm³/mol. The number of anilines is 1. The molecule has 10 heteroatoms. The van der Waals surface area contributed by atoms with Gasteiger partial charge in [0.05, 0.1) is 36.9 Å². The first kappa shape index (κ1) is 23.3. The molecule has 0 bridgehead atoms. The van der Waals surface area contributed by atoms with Gasteiger partial charge in [0.2, 0.25) is 0 Å². The summed E-state index contributed by atoms with van der Waals surface area (Å²) in [6, 6.07) is 10.1. The minimum atomic E-state index is -0.773. The van der Waals surface area contributed by atoms with Crippen LogP contribution in [0.4, 0.5) is 5.69 Å². The summed E-state index contributed by atoms with van der Waals surface area (Å²) < 4.78 is 15.8. The fourth-order valence-electron chi connectivity index (χ4n) is 2.78. The quantitative estimate of drug-likeness (QED) is 0.473. The number of rotatable bonds is 9. The van der Waals surface area contributed by atoms with Gasteiger partial charge in [-0.3, -0.25) is 9.59 Å². The Morgan fingerprint density at radius 3 is 2.31 bits per heavy atom. The molecule has 0 atom stereocenters. The predicted octanol–water partition coefficient (Wildman–Crippen LogP) is 3.89. The lowest BCUT2D eigenvalue weighted by molar-refractivity contribution is -0.133. The van der Waals surface area contributed by atoms with E-state index in [2.05, 4.69) is 5.32 Å². The zero-order valence-electron chi connectivity index (χ0n) is 17.7.